The zero-order valence-electron chi connectivity index (χ0n) is 20.9. The number of rotatable bonds is 12. The van der Waals surface area contributed by atoms with Crippen LogP contribution in [0.2, 0.25) is 5.02 Å². The van der Waals surface area contributed by atoms with Crippen molar-refractivity contribution in [2.45, 2.75) is 45.7 Å². The largest absolute Gasteiger partial charge is 0.416 e. The highest BCUT2D eigenvalue weighted by Crippen LogP contribution is 2.35. The molecule has 0 spiro atoms. The van der Waals surface area contributed by atoms with E-state index in [1.165, 1.54) is 12.1 Å². The van der Waals surface area contributed by atoms with Crippen molar-refractivity contribution in [3.8, 4) is 11.3 Å². The molecule has 0 saturated carbocycles. The van der Waals surface area contributed by atoms with E-state index in [9.17, 15) is 13.2 Å². The number of nitrogens with one attached hydrogen (secondary N) is 1. The number of benzene rings is 2. The Morgan fingerprint density at radius 3 is 2.50 bits per heavy atom. The summed E-state index contributed by atoms with van der Waals surface area (Å²) in [6, 6.07) is 11.1. The molecular weight excluding hydrogens is 483 g/mol. The highest BCUT2D eigenvalue weighted by atomic mass is 35.5. The van der Waals surface area contributed by atoms with Gasteiger partial charge in [0.15, 0.2) is 0 Å². The Hall–Kier alpha value is -2.99. The number of unbranched alkanes of at least 4 members (excludes halogenated alkanes) is 1. The maximum Gasteiger partial charge on any atom is 0.416 e. The van der Waals surface area contributed by atoms with Crippen LogP contribution < -0.4 is 5.32 Å². The molecule has 0 amide bonds. The molecule has 0 aliphatic carbocycles. The average molecular weight is 516 g/mol. The Kier molecular flexibility index (Phi) is 9.43. The van der Waals surface area contributed by atoms with E-state index < -0.39 is 11.7 Å². The Labute approximate surface area is 216 Å². The third-order valence-electron chi connectivity index (χ3n) is 6.31. The van der Waals surface area contributed by atoms with Crippen molar-refractivity contribution in [2.75, 3.05) is 19.6 Å². The minimum Gasteiger partial charge on any atom is -0.390 e. The molecule has 3 nitrogen and oxygen atoms in total. The molecule has 0 unspecified atom stereocenters. The van der Waals surface area contributed by atoms with E-state index in [1.807, 2.05) is 19.1 Å². The van der Waals surface area contributed by atoms with Gasteiger partial charge in [0.2, 0.25) is 0 Å². The summed E-state index contributed by atoms with van der Waals surface area (Å²) < 4.78 is 39.0. The van der Waals surface area contributed by atoms with Gasteiger partial charge in [-0.3, -0.25) is 0 Å². The van der Waals surface area contributed by atoms with Crippen molar-refractivity contribution in [3.63, 3.8) is 0 Å². The third-order valence-corrected chi connectivity index (χ3v) is 6.79. The fourth-order valence-corrected chi connectivity index (χ4v) is 4.40. The molecule has 1 N–H and O–H groups in total. The first-order valence-corrected chi connectivity index (χ1v) is 12.6. The van der Waals surface area contributed by atoms with Gasteiger partial charge in [-0.1, -0.05) is 62.4 Å². The van der Waals surface area contributed by atoms with E-state index in [1.54, 1.807) is 6.20 Å². The van der Waals surface area contributed by atoms with E-state index >= 15 is 0 Å². The minimum atomic E-state index is -4.38. The van der Waals surface area contributed by atoms with Crippen LogP contribution in [0.25, 0.3) is 22.2 Å². The maximum atomic E-state index is 13.0. The second kappa shape index (κ2) is 12.3. The predicted molar refractivity (Wildman–Crippen MR) is 144 cm³/mol. The zero-order valence-corrected chi connectivity index (χ0v) is 21.6. The molecule has 0 aliphatic rings. The van der Waals surface area contributed by atoms with Gasteiger partial charge in [0.25, 0.3) is 0 Å². The van der Waals surface area contributed by atoms with Gasteiger partial charge >= 0.3 is 6.18 Å². The smallest absolute Gasteiger partial charge is 0.390 e. The van der Waals surface area contributed by atoms with Crippen molar-refractivity contribution >= 4 is 22.5 Å². The summed E-state index contributed by atoms with van der Waals surface area (Å²) >= 11 is 6.67. The van der Waals surface area contributed by atoms with Gasteiger partial charge in [-0.25, -0.2) is 4.98 Å². The summed E-state index contributed by atoms with van der Waals surface area (Å²) in [7, 11) is 0. The lowest BCUT2D eigenvalue weighted by atomic mass is 10.0. The Morgan fingerprint density at radius 1 is 1.14 bits per heavy atom. The van der Waals surface area contributed by atoms with Crippen LogP contribution in [0.15, 0.2) is 67.5 Å². The van der Waals surface area contributed by atoms with Crippen molar-refractivity contribution in [2.24, 2.45) is 0 Å². The monoisotopic (exact) mass is 515 g/mol. The fraction of sp³-hybridized carbons (Fsp3) is 0.345. The van der Waals surface area contributed by atoms with Gasteiger partial charge < -0.3 is 10.2 Å². The van der Waals surface area contributed by atoms with Gasteiger partial charge in [-0.15, -0.1) is 0 Å². The van der Waals surface area contributed by atoms with Crippen molar-refractivity contribution in [3.05, 3.63) is 89.2 Å². The summed E-state index contributed by atoms with van der Waals surface area (Å²) in [5, 5.41) is 4.54. The molecule has 7 heteroatoms. The van der Waals surface area contributed by atoms with Crippen LogP contribution in [0, 0.1) is 6.92 Å². The lowest BCUT2D eigenvalue weighted by molar-refractivity contribution is -0.137. The van der Waals surface area contributed by atoms with Crippen molar-refractivity contribution in [1.29, 1.82) is 0 Å². The molecule has 192 valence electrons. The summed E-state index contributed by atoms with van der Waals surface area (Å²) in [4.78, 5) is 7.11. The number of nitrogens with zero attached hydrogens (tertiary/aromatic N) is 2. The van der Waals surface area contributed by atoms with Crippen molar-refractivity contribution < 1.29 is 13.2 Å². The van der Waals surface area contributed by atoms with Crippen LogP contribution in [0.5, 0.6) is 0 Å². The SMILES string of the molecule is C=CNCCN(CCc1ccc2c(Cl)c(C)c(-c3ccc(C(F)(F)F)cc3)nc2c1)C(=C)CCCC. The van der Waals surface area contributed by atoms with Crippen LogP contribution >= 0.6 is 11.6 Å². The molecule has 36 heavy (non-hydrogen) atoms. The van der Waals surface area contributed by atoms with Gasteiger partial charge in [0.1, 0.15) is 0 Å². The van der Waals surface area contributed by atoms with Crippen LogP contribution in [-0.4, -0.2) is 29.5 Å². The summed E-state index contributed by atoms with van der Waals surface area (Å²) in [6.45, 7) is 14.5. The molecule has 0 atom stereocenters. The van der Waals surface area contributed by atoms with Crippen molar-refractivity contribution in [1.82, 2.24) is 15.2 Å². The molecule has 3 aromatic rings. The average Bonchev–Trinajstić information content (AvgIpc) is 2.86. The third kappa shape index (κ3) is 6.82. The minimum absolute atomic E-state index is 0.562. The topological polar surface area (TPSA) is 28.2 Å². The molecule has 2 aromatic carbocycles. The second-order valence-electron chi connectivity index (χ2n) is 8.89. The maximum absolute atomic E-state index is 13.0. The number of hydrogen-bond donors (Lipinski definition) is 1. The lowest BCUT2D eigenvalue weighted by Crippen LogP contribution is -2.31. The summed E-state index contributed by atoms with van der Waals surface area (Å²) in [5.41, 5.74) is 4.20. The van der Waals surface area contributed by atoms with E-state index in [2.05, 4.69) is 36.4 Å². The number of halogens is 4. The molecule has 1 aromatic heterocycles. The molecule has 0 aliphatic heterocycles. The van der Waals surface area contributed by atoms with Crippen LogP contribution in [-0.2, 0) is 12.6 Å². The van der Waals surface area contributed by atoms with Crippen LogP contribution in [0.1, 0.15) is 42.9 Å². The fourth-order valence-electron chi connectivity index (χ4n) is 4.15. The van der Waals surface area contributed by atoms with Gasteiger partial charge in [-0.05, 0) is 61.7 Å². The molecule has 0 bridgehead atoms. The quantitative estimate of drug-likeness (QED) is 0.246. The van der Waals surface area contributed by atoms with Gasteiger partial charge in [0, 0.05) is 36.3 Å². The van der Waals surface area contributed by atoms with Crippen LogP contribution in [0.3, 0.4) is 0 Å². The molecule has 0 saturated heterocycles. The summed E-state index contributed by atoms with van der Waals surface area (Å²) in [5.74, 6) is 0. The highest BCUT2D eigenvalue weighted by molar-refractivity contribution is 6.36. The first-order valence-electron chi connectivity index (χ1n) is 12.2. The van der Waals surface area contributed by atoms with E-state index in [-0.39, 0.29) is 0 Å². The van der Waals surface area contributed by atoms with Gasteiger partial charge in [0.05, 0.1) is 21.8 Å². The molecule has 1 heterocycles. The summed E-state index contributed by atoms with van der Waals surface area (Å²) in [6.07, 6.45) is 1.31. The Morgan fingerprint density at radius 2 is 1.86 bits per heavy atom. The zero-order chi connectivity index (χ0) is 26.3. The predicted octanol–water partition coefficient (Wildman–Crippen LogP) is 8.16. The molecule has 0 radical (unpaired) electrons. The number of allylic oxidation sites excluding steroid dienone is 1. The number of alkyl halides is 3. The van der Waals surface area contributed by atoms with E-state index in [0.29, 0.717) is 16.3 Å². The molecule has 0 fully saturated rings. The number of aromatic nitrogens is 1. The van der Waals surface area contributed by atoms with E-state index in [4.69, 9.17) is 16.6 Å². The first kappa shape index (κ1) is 27.6. The standard InChI is InChI=1S/C29H33ClF3N3/c1-5-7-8-20(3)36(18-16-34-6-2)17-15-22-9-14-25-26(19-22)35-28(21(4)27(25)30)23-10-12-24(13-11-23)29(31,32)33/h6,9-14,19,34H,2-3,5,7-8,15-18H2,1,4H3. The highest BCUT2D eigenvalue weighted by Gasteiger charge is 2.30. The van der Waals surface area contributed by atoms with Gasteiger partial charge in [-0.2, -0.15) is 13.2 Å². The number of hydrogen-bond acceptors (Lipinski definition) is 3. The van der Waals surface area contributed by atoms with E-state index in [0.717, 1.165) is 85.2 Å². The number of fused-ring (bicyclic) bond motifs is 1. The lowest BCUT2D eigenvalue weighted by Gasteiger charge is -2.27. The van der Waals surface area contributed by atoms with Crippen LogP contribution in [0.4, 0.5) is 13.2 Å². The Bertz CT molecular complexity index is 1200. The number of pyridine rings is 1. The Balaban J connectivity index is 1.86. The normalized spacial score (nSPS) is 11.5. The molecule has 3 rings (SSSR count). The second-order valence-corrected chi connectivity index (χ2v) is 9.27. The molecular formula is C29H33ClF3N3. The first-order chi connectivity index (χ1) is 17.2.